The molecule has 11 aromatic carbocycles. The van der Waals surface area contributed by atoms with E-state index in [0.717, 1.165) is 32.4 Å². The minimum absolute atomic E-state index is 0.0899. The van der Waals surface area contributed by atoms with Gasteiger partial charge in [-0.3, -0.25) is 0 Å². The van der Waals surface area contributed by atoms with Gasteiger partial charge in [0.1, 0.15) is 11.2 Å². The van der Waals surface area contributed by atoms with E-state index in [-0.39, 0.29) is 16.7 Å². The molecule has 0 atom stereocenters. The highest BCUT2D eigenvalue weighted by Crippen LogP contribution is 2.47. The van der Waals surface area contributed by atoms with Crippen molar-refractivity contribution in [2.24, 2.45) is 0 Å². The van der Waals surface area contributed by atoms with Crippen LogP contribution in [0.3, 0.4) is 0 Å². The Kier molecular flexibility index (Phi) is 4.88. The molecule has 3 nitrogen and oxygen atoms in total. The highest BCUT2D eigenvalue weighted by atomic mass is 16.3. The molecule has 0 aliphatic heterocycles. The van der Waals surface area contributed by atoms with E-state index in [1.807, 2.05) is 60.7 Å². The lowest BCUT2D eigenvalue weighted by Gasteiger charge is -2.27. The summed E-state index contributed by atoms with van der Waals surface area (Å²) in [5.74, 6) is 0. The van der Waals surface area contributed by atoms with E-state index in [1.54, 1.807) is 30.3 Å². The van der Waals surface area contributed by atoms with E-state index in [0.29, 0.717) is 22.1 Å². The molecule has 0 amide bonds. The first-order valence-electron chi connectivity index (χ1n) is 31.5. The number of hydrogen-bond donors (Lipinski definition) is 0. The predicted molar refractivity (Wildman–Crippen MR) is 274 cm³/mol. The van der Waals surface area contributed by atoms with Gasteiger partial charge in [0.15, 0.2) is 0 Å². The van der Waals surface area contributed by atoms with Crippen LogP contribution >= 0.6 is 0 Å². The molecular formula is C62H40N2O. The molecule has 0 radical (unpaired) electrons. The Morgan fingerprint density at radius 2 is 0.969 bits per heavy atom. The molecule has 0 aliphatic rings. The van der Waals surface area contributed by atoms with E-state index in [2.05, 4.69) is 16.7 Å². The van der Waals surface area contributed by atoms with Gasteiger partial charge in [0.2, 0.25) is 0 Å². The summed E-state index contributed by atoms with van der Waals surface area (Å²) in [6.07, 6.45) is 0. The Bertz CT molecular complexity index is 5130. The van der Waals surface area contributed by atoms with Crippen LogP contribution in [-0.4, -0.2) is 4.57 Å². The van der Waals surface area contributed by atoms with Crippen molar-refractivity contribution in [1.82, 2.24) is 4.57 Å². The van der Waals surface area contributed by atoms with Gasteiger partial charge in [-0.1, -0.05) is 169 Å². The van der Waals surface area contributed by atoms with Crippen molar-refractivity contribution in [2.75, 3.05) is 4.90 Å². The minimum Gasteiger partial charge on any atom is -0.455 e. The van der Waals surface area contributed by atoms with E-state index < -0.39 is 188 Å². The molecule has 65 heavy (non-hydrogen) atoms. The molecule has 13 aromatic rings. The quantitative estimate of drug-likeness (QED) is 0.149. The maximum absolute atomic E-state index is 10.0. The second kappa shape index (κ2) is 15.0. The molecular weight excluding hydrogens is 789 g/mol. The Morgan fingerprint density at radius 3 is 1.68 bits per heavy atom. The summed E-state index contributed by atoms with van der Waals surface area (Å²) < 4.78 is 210. The first kappa shape index (κ1) is 21.1. The molecule has 0 saturated heterocycles. The Hall–Kier alpha value is -8.66. The second-order valence-electron chi connectivity index (χ2n) is 15.1. The first-order valence-corrected chi connectivity index (χ1v) is 20.5. The molecule has 0 unspecified atom stereocenters. The van der Waals surface area contributed by atoms with Crippen molar-refractivity contribution in [3.05, 3.63) is 242 Å². The normalized spacial score (nSPS) is 16.4. The maximum Gasteiger partial charge on any atom is 0.145 e. The van der Waals surface area contributed by atoms with E-state index in [1.165, 1.54) is 6.07 Å². The van der Waals surface area contributed by atoms with Gasteiger partial charge in [-0.05, 0) is 122 Å². The van der Waals surface area contributed by atoms with Crippen molar-refractivity contribution in [1.29, 1.82) is 0 Å². The third kappa shape index (κ3) is 6.05. The average molecular weight is 851 g/mol. The summed E-state index contributed by atoms with van der Waals surface area (Å²) >= 11 is 0. The van der Waals surface area contributed by atoms with Crippen molar-refractivity contribution >= 4 is 82.4 Å². The SMILES string of the molecule is [2H]c1c([2H])c([2H])c(-c2c([2H])c([2H])c(N(c3c([2H])c([2H])c(-c4c([2H])c5c([2H])c([2H])c([2H])c([2H])c5c5c([2H])c([2H])c([2H])c([2H])c45)c([2H])c3[2H])c3ccc(-c4ccc(-n5c6ccccc6c6ccccc65)cc4)c4oc5ccccc5c34)c([2H])c2[2H])c([2H])c1[2H]. The standard InChI is InChI=1S/C62H40N2O/c1-2-14-41(15-3-1)42-26-32-46(33-27-42)63(47-34-30-44(31-35-47)56-40-45-16-4-5-17-49(45)51-18-6-7-19-52(51)56)59-39-38-50(62-61(59)55-22-10-13-25-60(55)65-62)43-28-36-48(37-29-43)64-57-23-11-8-20-53(57)54-21-9-12-24-58(54)64/h1-40H/i1D,2D,3D,4D,5D,6D,7D,14D,15D,16D,17D,18D,19D,26D,27D,30D,31D,32D,33D,34D,35D,40D. The summed E-state index contributed by atoms with van der Waals surface area (Å²) in [7, 11) is 0. The lowest BCUT2D eigenvalue weighted by Crippen LogP contribution is -2.10. The average Bonchev–Trinajstić information content (AvgIpc) is 1.29. The maximum atomic E-state index is 10.0. The van der Waals surface area contributed by atoms with Crippen LogP contribution < -0.4 is 4.90 Å². The van der Waals surface area contributed by atoms with Gasteiger partial charge < -0.3 is 13.9 Å². The van der Waals surface area contributed by atoms with Gasteiger partial charge >= 0.3 is 0 Å². The van der Waals surface area contributed by atoms with Gasteiger partial charge in [-0.25, -0.2) is 0 Å². The first-order chi connectivity index (χ1) is 41.4. The van der Waals surface area contributed by atoms with Crippen molar-refractivity contribution in [2.45, 2.75) is 0 Å². The monoisotopic (exact) mass is 850 g/mol. The fourth-order valence-corrected chi connectivity index (χ4v) is 8.68. The van der Waals surface area contributed by atoms with Crippen LogP contribution in [0.25, 0.3) is 104 Å². The van der Waals surface area contributed by atoms with Gasteiger partial charge in [0, 0.05) is 38.8 Å². The van der Waals surface area contributed by atoms with Crippen molar-refractivity contribution < 1.29 is 34.6 Å². The van der Waals surface area contributed by atoms with Crippen molar-refractivity contribution in [3.63, 3.8) is 0 Å². The molecule has 2 aromatic heterocycles. The molecule has 0 spiro atoms. The number of para-hydroxylation sites is 3. The number of furan rings is 1. The van der Waals surface area contributed by atoms with Gasteiger partial charge in [-0.2, -0.15) is 0 Å². The number of hydrogen-bond acceptors (Lipinski definition) is 2. The number of anilines is 3. The van der Waals surface area contributed by atoms with Crippen molar-refractivity contribution in [3.8, 4) is 39.1 Å². The van der Waals surface area contributed by atoms with Gasteiger partial charge in [-0.15, -0.1) is 0 Å². The topological polar surface area (TPSA) is 21.3 Å². The van der Waals surface area contributed by atoms with E-state index >= 15 is 0 Å². The van der Waals surface area contributed by atoms with Crippen LogP contribution in [0.1, 0.15) is 30.2 Å². The fraction of sp³-hybridized carbons (Fsp3) is 0. The minimum atomic E-state index is -0.974. The zero-order valence-corrected chi connectivity index (χ0v) is 33.7. The predicted octanol–water partition coefficient (Wildman–Crippen LogP) is 17.5. The Labute approximate surface area is 407 Å². The number of benzene rings is 11. The molecule has 0 N–H and O–H groups in total. The van der Waals surface area contributed by atoms with E-state index in [4.69, 9.17) is 20.9 Å². The van der Waals surface area contributed by atoms with E-state index in [9.17, 15) is 13.7 Å². The molecule has 13 rings (SSSR count). The lowest BCUT2D eigenvalue weighted by atomic mass is 9.93. The van der Waals surface area contributed by atoms with Gasteiger partial charge in [0.25, 0.3) is 0 Å². The third-order valence-electron chi connectivity index (χ3n) is 11.6. The number of aromatic nitrogens is 1. The molecule has 0 fully saturated rings. The highest BCUT2D eigenvalue weighted by Gasteiger charge is 2.23. The molecule has 0 aliphatic carbocycles. The largest absolute Gasteiger partial charge is 0.455 e. The molecule has 304 valence electrons. The summed E-state index contributed by atoms with van der Waals surface area (Å²) in [6.45, 7) is 0. The zero-order valence-electron chi connectivity index (χ0n) is 55.7. The zero-order chi connectivity index (χ0) is 62.0. The fourth-order valence-electron chi connectivity index (χ4n) is 8.68. The summed E-state index contributed by atoms with van der Waals surface area (Å²) in [4.78, 5) is 0.985. The van der Waals surface area contributed by atoms with Crippen LogP contribution in [0.2, 0.25) is 0 Å². The Morgan fingerprint density at radius 1 is 0.400 bits per heavy atom. The van der Waals surface area contributed by atoms with Gasteiger partial charge in [0.05, 0.1) is 52.3 Å². The Balaban J connectivity index is 1.12. The van der Waals surface area contributed by atoms with Crippen LogP contribution in [0, 0.1) is 0 Å². The highest BCUT2D eigenvalue weighted by molar-refractivity contribution is 6.18. The smallest absolute Gasteiger partial charge is 0.145 e. The number of rotatable bonds is 7. The third-order valence-corrected chi connectivity index (χ3v) is 11.6. The van der Waals surface area contributed by atoms with Crippen LogP contribution in [0.5, 0.6) is 0 Å². The molecule has 2 heterocycles. The number of nitrogens with zero attached hydrogens (tertiary/aromatic N) is 2. The molecule has 0 saturated carbocycles. The van der Waals surface area contributed by atoms with Crippen LogP contribution in [0.15, 0.2) is 247 Å². The summed E-state index contributed by atoms with van der Waals surface area (Å²) in [5.41, 5.74) is 0.172. The lowest BCUT2D eigenvalue weighted by molar-refractivity contribution is 0.670. The van der Waals surface area contributed by atoms with Crippen LogP contribution in [-0.2, 0) is 0 Å². The summed E-state index contributed by atoms with van der Waals surface area (Å²) in [5, 5.41) is 0.674. The number of fused-ring (bicyclic) bond motifs is 9. The molecule has 0 bridgehead atoms. The summed E-state index contributed by atoms with van der Waals surface area (Å²) in [6, 6.07) is 14.8. The van der Waals surface area contributed by atoms with Crippen LogP contribution in [0.4, 0.5) is 17.1 Å². The molecule has 3 heteroatoms. The second-order valence-corrected chi connectivity index (χ2v) is 15.1.